The van der Waals surface area contributed by atoms with Gasteiger partial charge in [-0.2, -0.15) is 0 Å². The van der Waals surface area contributed by atoms with Gasteiger partial charge in [0.15, 0.2) is 5.78 Å². The Balaban J connectivity index is 2.60. The monoisotopic (exact) mass is 309 g/mol. The number of hydrogen-bond donors (Lipinski definition) is 0. The van der Waals surface area contributed by atoms with Gasteiger partial charge in [-0.25, -0.2) is 0 Å². The molecule has 4 nitrogen and oxygen atoms in total. The van der Waals surface area contributed by atoms with Gasteiger partial charge in [-0.3, -0.25) is 19.3 Å². The smallest absolute Gasteiger partial charge is 0.247 e. The van der Waals surface area contributed by atoms with E-state index in [0.29, 0.717) is 5.56 Å². The molecular formula is C13H12BrNO3. The quantitative estimate of drug-likeness (QED) is 0.480. The van der Waals surface area contributed by atoms with Crippen LogP contribution < -0.4 is 0 Å². The molecule has 0 saturated carbocycles. The van der Waals surface area contributed by atoms with Crippen LogP contribution in [0, 0.1) is 0 Å². The number of rotatable bonds is 3. The summed E-state index contributed by atoms with van der Waals surface area (Å²) in [4.78, 5) is 37.3. The molecule has 0 aromatic heterocycles. The van der Waals surface area contributed by atoms with Crippen LogP contribution in [0.5, 0.6) is 0 Å². The Bertz CT molecular complexity index is 514. The minimum absolute atomic E-state index is 0.0504. The summed E-state index contributed by atoms with van der Waals surface area (Å²) in [7, 11) is 1.41. The van der Waals surface area contributed by atoms with E-state index in [1.165, 1.54) is 7.05 Å². The maximum atomic E-state index is 12.3. The molecule has 18 heavy (non-hydrogen) atoms. The molecule has 1 aromatic rings. The number of carbonyl (C=O) groups excluding carboxylic acids is 3. The summed E-state index contributed by atoms with van der Waals surface area (Å²) in [5, 5.41) is 0.0504. The zero-order chi connectivity index (χ0) is 13.3. The summed E-state index contributed by atoms with van der Waals surface area (Å²) in [5.74, 6) is -1.04. The zero-order valence-corrected chi connectivity index (χ0v) is 11.4. The van der Waals surface area contributed by atoms with Crippen molar-refractivity contribution in [2.75, 3.05) is 12.4 Å². The number of Topliss-reactive ketones (excluding diaryl/α,β-unsaturated/α-hetero) is 1. The summed E-state index contributed by atoms with van der Waals surface area (Å²) in [5.41, 5.74) is -0.770. The molecule has 1 atom stereocenters. The van der Waals surface area contributed by atoms with Crippen molar-refractivity contribution >= 4 is 33.5 Å². The normalized spacial score (nSPS) is 23.6. The van der Waals surface area contributed by atoms with Crippen molar-refractivity contribution in [2.45, 2.75) is 11.8 Å². The van der Waals surface area contributed by atoms with E-state index in [0.717, 1.165) is 4.90 Å². The van der Waals surface area contributed by atoms with E-state index in [9.17, 15) is 14.4 Å². The first-order valence-electron chi connectivity index (χ1n) is 5.50. The second-order valence-corrected chi connectivity index (χ2v) is 4.82. The van der Waals surface area contributed by atoms with E-state index in [4.69, 9.17) is 0 Å². The van der Waals surface area contributed by atoms with Gasteiger partial charge >= 0.3 is 0 Å². The van der Waals surface area contributed by atoms with Crippen molar-refractivity contribution < 1.29 is 14.4 Å². The van der Waals surface area contributed by atoms with Gasteiger partial charge in [0.1, 0.15) is 5.41 Å². The first-order chi connectivity index (χ1) is 8.54. The number of carbonyl (C=O) groups is 3. The molecule has 0 N–H and O–H groups in total. The maximum Gasteiger partial charge on any atom is 0.247 e. The predicted molar refractivity (Wildman–Crippen MR) is 69.3 cm³/mol. The van der Waals surface area contributed by atoms with Crippen molar-refractivity contribution in [3.8, 4) is 0 Å². The van der Waals surface area contributed by atoms with Crippen molar-refractivity contribution in [3.63, 3.8) is 0 Å². The number of hydrogen-bond acceptors (Lipinski definition) is 3. The van der Waals surface area contributed by atoms with Gasteiger partial charge < -0.3 is 0 Å². The lowest BCUT2D eigenvalue weighted by Crippen LogP contribution is -2.44. The highest BCUT2D eigenvalue weighted by molar-refractivity contribution is 9.09. The van der Waals surface area contributed by atoms with E-state index in [-0.39, 0.29) is 23.4 Å². The highest BCUT2D eigenvalue weighted by Crippen LogP contribution is 2.37. The molecule has 2 rings (SSSR count). The van der Waals surface area contributed by atoms with Gasteiger partial charge in [-0.1, -0.05) is 46.3 Å². The molecule has 0 spiro atoms. The summed E-state index contributed by atoms with van der Waals surface area (Å²) in [6.07, 6.45) is -0.0865. The summed E-state index contributed by atoms with van der Waals surface area (Å²) in [6, 6.07) is 8.75. The Morgan fingerprint density at radius 3 is 2.39 bits per heavy atom. The number of imide groups is 1. The molecule has 2 amide bonds. The largest absolute Gasteiger partial charge is 0.297 e. The van der Waals surface area contributed by atoms with Crippen LogP contribution >= 0.6 is 15.9 Å². The fraction of sp³-hybridized carbons (Fsp3) is 0.308. The minimum atomic E-state index is -1.35. The first-order valence-corrected chi connectivity index (χ1v) is 6.62. The molecule has 0 bridgehead atoms. The number of nitrogens with zero attached hydrogens (tertiary/aromatic N) is 1. The van der Waals surface area contributed by atoms with E-state index >= 15 is 0 Å². The number of benzene rings is 1. The average Bonchev–Trinajstić information content (AvgIpc) is 2.64. The summed E-state index contributed by atoms with van der Waals surface area (Å²) < 4.78 is 0. The van der Waals surface area contributed by atoms with Gasteiger partial charge in [0.25, 0.3) is 0 Å². The molecule has 5 heteroatoms. The standard InChI is InChI=1S/C13H12BrNO3/c1-15-11(17)7-13(12(15)18,10(16)8-14)9-5-3-2-4-6-9/h2-6H,7-8H2,1H3. The highest BCUT2D eigenvalue weighted by Gasteiger charge is 2.55. The van der Waals surface area contributed by atoms with E-state index in [2.05, 4.69) is 15.9 Å². The van der Waals surface area contributed by atoms with E-state index in [1.807, 2.05) is 0 Å². The lowest BCUT2D eigenvalue weighted by atomic mass is 9.75. The van der Waals surface area contributed by atoms with Gasteiger partial charge in [0.2, 0.25) is 11.8 Å². The molecule has 1 heterocycles. The Hall–Kier alpha value is -1.49. The average molecular weight is 310 g/mol. The van der Waals surface area contributed by atoms with Gasteiger partial charge in [0, 0.05) is 7.05 Å². The van der Waals surface area contributed by atoms with Crippen LogP contribution in [0.15, 0.2) is 30.3 Å². The van der Waals surface area contributed by atoms with Crippen LogP contribution in [0.1, 0.15) is 12.0 Å². The number of amides is 2. The molecule has 1 aromatic carbocycles. The van der Waals surface area contributed by atoms with Crippen molar-refractivity contribution in [1.29, 1.82) is 0 Å². The first kappa shape index (κ1) is 13.0. The molecule has 1 unspecified atom stereocenters. The molecule has 0 aliphatic carbocycles. The fourth-order valence-electron chi connectivity index (χ4n) is 2.26. The van der Waals surface area contributed by atoms with Crippen LogP contribution in [0.25, 0.3) is 0 Å². The Labute approximate surface area is 113 Å². The fourth-order valence-corrected chi connectivity index (χ4v) is 2.74. The second-order valence-electron chi connectivity index (χ2n) is 4.26. The molecular weight excluding hydrogens is 298 g/mol. The topological polar surface area (TPSA) is 54.5 Å². The molecule has 1 saturated heterocycles. The third-order valence-electron chi connectivity index (χ3n) is 3.32. The van der Waals surface area contributed by atoms with Crippen molar-refractivity contribution in [1.82, 2.24) is 4.90 Å². The van der Waals surface area contributed by atoms with Crippen molar-refractivity contribution in [3.05, 3.63) is 35.9 Å². The third kappa shape index (κ3) is 1.70. The van der Waals surface area contributed by atoms with Crippen molar-refractivity contribution in [2.24, 2.45) is 0 Å². The molecule has 0 radical (unpaired) electrons. The molecule has 1 fully saturated rings. The van der Waals surface area contributed by atoms with Crippen LogP contribution in [0.3, 0.4) is 0 Å². The number of halogens is 1. The number of likely N-dealkylation sites (N-methyl/N-ethyl adjacent to an activating group) is 1. The third-order valence-corrected chi connectivity index (χ3v) is 3.83. The lowest BCUT2D eigenvalue weighted by molar-refractivity contribution is -0.140. The van der Waals surface area contributed by atoms with Crippen LogP contribution in [-0.4, -0.2) is 34.9 Å². The zero-order valence-electron chi connectivity index (χ0n) is 9.85. The number of ketones is 1. The molecule has 1 aliphatic heterocycles. The summed E-state index contributed by atoms with van der Waals surface area (Å²) in [6.45, 7) is 0. The van der Waals surface area contributed by atoms with Gasteiger partial charge in [-0.05, 0) is 5.56 Å². The van der Waals surface area contributed by atoms with Crippen LogP contribution in [0.2, 0.25) is 0 Å². The summed E-state index contributed by atoms with van der Waals surface area (Å²) >= 11 is 3.09. The van der Waals surface area contributed by atoms with Gasteiger partial charge in [0.05, 0.1) is 11.8 Å². The Morgan fingerprint density at radius 2 is 1.94 bits per heavy atom. The molecule has 94 valence electrons. The van der Waals surface area contributed by atoms with Gasteiger partial charge in [-0.15, -0.1) is 0 Å². The minimum Gasteiger partial charge on any atom is -0.297 e. The Kier molecular flexibility index (Phi) is 3.34. The second kappa shape index (κ2) is 4.65. The predicted octanol–water partition coefficient (Wildman–Crippen LogP) is 1.28. The Morgan fingerprint density at radius 1 is 1.33 bits per heavy atom. The van der Waals surface area contributed by atoms with E-state index in [1.54, 1.807) is 30.3 Å². The molecule has 1 aliphatic rings. The van der Waals surface area contributed by atoms with E-state index < -0.39 is 11.3 Å². The highest BCUT2D eigenvalue weighted by atomic mass is 79.9. The van der Waals surface area contributed by atoms with Crippen LogP contribution in [-0.2, 0) is 19.8 Å². The lowest BCUT2D eigenvalue weighted by Gasteiger charge is -2.24. The number of likely N-dealkylation sites (tertiary alicyclic amines) is 1. The number of alkyl halides is 1. The van der Waals surface area contributed by atoms with Crippen LogP contribution in [0.4, 0.5) is 0 Å². The SMILES string of the molecule is CN1C(=O)CC(C(=O)CBr)(c2ccccc2)C1=O. The maximum absolute atomic E-state index is 12.3.